The zero-order chi connectivity index (χ0) is 36.8. The summed E-state index contributed by atoms with van der Waals surface area (Å²) in [5.41, 5.74) is 4.94. The number of imidazole rings is 1. The van der Waals surface area contributed by atoms with Crippen molar-refractivity contribution in [2.75, 3.05) is 44.9 Å². The van der Waals surface area contributed by atoms with Gasteiger partial charge in [0, 0.05) is 24.2 Å². The van der Waals surface area contributed by atoms with Gasteiger partial charge in [0.2, 0.25) is 0 Å². The van der Waals surface area contributed by atoms with Gasteiger partial charge in [0.05, 0.1) is 43.7 Å². The number of methoxy groups -OCH3 is 1. The van der Waals surface area contributed by atoms with Gasteiger partial charge < -0.3 is 28.6 Å². The van der Waals surface area contributed by atoms with E-state index in [0.29, 0.717) is 77.4 Å². The maximum atomic E-state index is 15.8. The number of esters is 1. The van der Waals surface area contributed by atoms with Crippen molar-refractivity contribution < 1.29 is 32.9 Å². The lowest BCUT2D eigenvalue weighted by Crippen LogP contribution is -2.46. The molecule has 3 aliphatic heterocycles. The Labute approximate surface area is 304 Å². The monoisotopic (exact) mass is 721 g/mol. The van der Waals surface area contributed by atoms with Crippen LogP contribution in [0.4, 0.5) is 10.2 Å². The maximum absolute atomic E-state index is 15.8. The van der Waals surface area contributed by atoms with Crippen LogP contribution in [0.15, 0.2) is 36.4 Å². The van der Waals surface area contributed by atoms with Gasteiger partial charge >= 0.3 is 5.97 Å². The van der Waals surface area contributed by atoms with Gasteiger partial charge in [0.25, 0.3) is 0 Å². The molecule has 274 valence electrons. The standard InChI is InChI=1S/C40H49ClFN3O6/c1-23-19-29(42)32-27-11-10-12-28(21-27)33-35(41)45-36(43-33)26(4)25(3)31(34(38(46)47-9)51-39(5,6)7)37(45)44-15-13-40(8,14-16-44)49-18-17-48-22-24(2)50-30(32)20-23/h10-12,19-21,24,34H,13-18,22H2,1-9H3/t24-,34-/m0/s1. The molecule has 1 fully saturated rings. The molecule has 11 heteroatoms. The third-order valence-electron chi connectivity index (χ3n) is 9.83. The second kappa shape index (κ2) is 14.4. The summed E-state index contributed by atoms with van der Waals surface area (Å²) in [5.74, 6) is 0.254. The highest BCUT2D eigenvalue weighted by Crippen LogP contribution is 2.44. The average Bonchev–Trinajstić information content (AvgIpc) is 3.41. The summed E-state index contributed by atoms with van der Waals surface area (Å²) in [6, 6.07) is 10.9. The quantitative estimate of drug-likeness (QED) is 0.154. The van der Waals surface area contributed by atoms with E-state index in [9.17, 15) is 4.79 Å². The number of carbonyl (C=O) groups is 1. The second-order valence-electron chi connectivity index (χ2n) is 15.0. The largest absolute Gasteiger partial charge is 0.488 e. The summed E-state index contributed by atoms with van der Waals surface area (Å²) in [4.78, 5) is 21.0. The third-order valence-corrected chi connectivity index (χ3v) is 10.2. The molecule has 0 radical (unpaired) electrons. The predicted molar refractivity (Wildman–Crippen MR) is 198 cm³/mol. The number of ether oxygens (including phenoxy) is 5. The molecule has 0 spiro atoms. The first-order chi connectivity index (χ1) is 24.1. The van der Waals surface area contributed by atoms with E-state index in [-0.39, 0.29) is 11.7 Å². The highest BCUT2D eigenvalue weighted by molar-refractivity contribution is 6.32. The van der Waals surface area contributed by atoms with Crippen molar-refractivity contribution in [2.45, 2.75) is 91.6 Å². The number of halogens is 2. The molecule has 6 bridgehead atoms. The van der Waals surface area contributed by atoms with Crippen LogP contribution >= 0.6 is 11.6 Å². The Morgan fingerprint density at radius 3 is 2.47 bits per heavy atom. The minimum atomic E-state index is -1.03. The lowest BCUT2D eigenvalue weighted by molar-refractivity contribution is -0.164. The van der Waals surface area contributed by atoms with Crippen LogP contribution in [0, 0.1) is 26.6 Å². The molecule has 9 nitrogen and oxygen atoms in total. The van der Waals surface area contributed by atoms with E-state index in [1.165, 1.54) is 13.2 Å². The fraction of sp³-hybridized carbons (Fsp3) is 0.500. The van der Waals surface area contributed by atoms with E-state index in [1.54, 1.807) is 0 Å². The van der Waals surface area contributed by atoms with Crippen molar-refractivity contribution in [3.8, 4) is 28.1 Å². The molecule has 2 aromatic heterocycles. The first kappa shape index (κ1) is 37.1. The highest BCUT2D eigenvalue weighted by Gasteiger charge is 2.39. The fourth-order valence-corrected chi connectivity index (χ4v) is 7.40. The molecule has 0 N–H and O–H groups in total. The number of nitrogens with zero attached hydrogens (tertiary/aromatic N) is 3. The molecule has 4 aromatic rings. The summed E-state index contributed by atoms with van der Waals surface area (Å²) >= 11 is 7.43. The number of benzene rings is 2. The molecule has 5 heterocycles. The van der Waals surface area contributed by atoms with E-state index < -0.39 is 23.5 Å². The van der Waals surface area contributed by atoms with Crippen molar-refractivity contribution >= 4 is 29.0 Å². The molecular weight excluding hydrogens is 673 g/mol. The molecule has 7 rings (SSSR count). The number of aromatic nitrogens is 2. The van der Waals surface area contributed by atoms with Gasteiger partial charge in [-0.05, 0) is 109 Å². The van der Waals surface area contributed by atoms with Gasteiger partial charge in [-0.15, -0.1) is 0 Å². The average molecular weight is 722 g/mol. The maximum Gasteiger partial charge on any atom is 0.339 e. The van der Waals surface area contributed by atoms with Gasteiger partial charge in [0.1, 0.15) is 40.0 Å². The van der Waals surface area contributed by atoms with Crippen LogP contribution < -0.4 is 9.64 Å². The normalized spacial score (nSPS) is 20.6. The van der Waals surface area contributed by atoms with Crippen molar-refractivity contribution in [3.63, 3.8) is 0 Å². The molecule has 51 heavy (non-hydrogen) atoms. The number of anilines is 1. The lowest BCUT2D eigenvalue weighted by Gasteiger charge is -2.42. The lowest BCUT2D eigenvalue weighted by atomic mass is 9.92. The van der Waals surface area contributed by atoms with Crippen molar-refractivity contribution in [2.24, 2.45) is 0 Å². The minimum Gasteiger partial charge on any atom is -0.488 e. The molecule has 2 aromatic carbocycles. The molecule has 0 aliphatic carbocycles. The molecule has 0 unspecified atom stereocenters. The van der Waals surface area contributed by atoms with Crippen LogP contribution in [0.1, 0.15) is 75.8 Å². The topological polar surface area (TPSA) is 83.8 Å². The van der Waals surface area contributed by atoms with E-state index in [2.05, 4.69) is 11.8 Å². The molecule has 3 aliphatic rings. The third kappa shape index (κ3) is 7.47. The number of fused-ring (bicyclic) bond motifs is 8. The minimum absolute atomic E-state index is 0.319. The Kier molecular flexibility index (Phi) is 10.4. The second-order valence-corrected chi connectivity index (χ2v) is 15.4. The summed E-state index contributed by atoms with van der Waals surface area (Å²) in [6.45, 7) is 18.0. The molecule has 0 amide bonds. The van der Waals surface area contributed by atoms with E-state index >= 15 is 4.39 Å². The van der Waals surface area contributed by atoms with Gasteiger partial charge in [-0.1, -0.05) is 29.8 Å². The molecule has 2 atom stereocenters. The number of hydrogen-bond donors (Lipinski definition) is 0. The SMILES string of the molecule is COC(=O)[C@@H](OC(C)(C)C)c1c(C)c(C)c2nc3c(Cl)n2c1N1CCC(C)(CC1)OCCOC[C@H](C)Oc1cc(C)cc(F)c1-c1cccc-3c1. The Balaban J connectivity index is 1.62. The number of piperidine rings is 1. The highest BCUT2D eigenvalue weighted by atomic mass is 35.5. The van der Waals surface area contributed by atoms with Gasteiger partial charge in [-0.25, -0.2) is 14.2 Å². The molecule has 1 saturated heterocycles. The summed E-state index contributed by atoms with van der Waals surface area (Å²) in [5, 5.41) is 0.367. The molecule has 0 saturated carbocycles. The zero-order valence-corrected chi connectivity index (χ0v) is 31.9. The fourth-order valence-electron chi connectivity index (χ4n) is 7.09. The summed E-state index contributed by atoms with van der Waals surface area (Å²) in [6.07, 6.45) is 0.0924. The van der Waals surface area contributed by atoms with Crippen molar-refractivity contribution in [1.82, 2.24) is 9.38 Å². The van der Waals surface area contributed by atoms with Crippen LogP contribution in [-0.4, -0.2) is 72.7 Å². The Hall–Kier alpha value is -3.70. The van der Waals surface area contributed by atoms with Gasteiger partial charge in [-0.2, -0.15) is 0 Å². The number of pyridine rings is 1. The van der Waals surface area contributed by atoms with Crippen molar-refractivity contribution in [1.29, 1.82) is 0 Å². The van der Waals surface area contributed by atoms with E-state index in [4.69, 9.17) is 40.3 Å². The number of carbonyl (C=O) groups excluding carboxylic acids is 1. The number of aryl methyl sites for hydroxylation is 2. The van der Waals surface area contributed by atoms with Gasteiger partial charge in [-0.3, -0.25) is 4.40 Å². The van der Waals surface area contributed by atoms with Crippen LogP contribution in [-0.2, 0) is 23.7 Å². The van der Waals surface area contributed by atoms with Crippen LogP contribution in [0.2, 0.25) is 5.15 Å². The first-order valence-corrected chi connectivity index (χ1v) is 18.0. The summed E-state index contributed by atoms with van der Waals surface area (Å²) < 4.78 is 48.3. The van der Waals surface area contributed by atoms with Crippen molar-refractivity contribution in [3.05, 3.63) is 69.6 Å². The smallest absolute Gasteiger partial charge is 0.339 e. The van der Waals surface area contributed by atoms with E-state index in [1.807, 2.05) is 83.2 Å². The van der Waals surface area contributed by atoms with E-state index in [0.717, 1.165) is 35.3 Å². The number of rotatable bonds is 3. The van der Waals surface area contributed by atoms with Crippen LogP contribution in [0.25, 0.3) is 28.0 Å². The zero-order valence-electron chi connectivity index (χ0n) is 31.1. The Bertz CT molecular complexity index is 1950. The first-order valence-electron chi connectivity index (χ1n) is 17.6. The van der Waals surface area contributed by atoms with Gasteiger partial charge in [0.15, 0.2) is 6.10 Å². The van der Waals surface area contributed by atoms with Crippen LogP contribution in [0.5, 0.6) is 5.75 Å². The number of hydrogen-bond acceptors (Lipinski definition) is 8. The Morgan fingerprint density at radius 2 is 1.78 bits per heavy atom. The predicted octanol–water partition coefficient (Wildman–Crippen LogP) is 8.59. The molecular formula is C40H49ClFN3O6. The summed E-state index contributed by atoms with van der Waals surface area (Å²) in [7, 11) is 1.37. The van der Waals surface area contributed by atoms with Crippen LogP contribution in [0.3, 0.4) is 0 Å². The Morgan fingerprint density at radius 1 is 1.08 bits per heavy atom.